The van der Waals surface area contributed by atoms with Crippen LogP contribution in [0.5, 0.6) is 0 Å². The molecule has 2 fully saturated rings. The summed E-state index contributed by atoms with van der Waals surface area (Å²) in [5.74, 6) is 0. The highest BCUT2D eigenvalue weighted by Crippen LogP contribution is 2.19. The minimum Gasteiger partial charge on any atom is -0.314 e. The Morgan fingerprint density at radius 1 is 1.37 bits per heavy atom. The van der Waals surface area contributed by atoms with Gasteiger partial charge in [-0.05, 0) is 13.3 Å². The van der Waals surface area contributed by atoms with Crippen LogP contribution in [0.25, 0.3) is 0 Å². The van der Waals surface area contributed by atoms with Crippen LogP contribution in [0.15, 0.2) is 5.38 Å². The summed E-state index contributed by atoms with van der Waals surface area (Å²) in [7, 11) is 0. The summed E-state index contributed by atoms with van der Waals surface area (Å²) in [5.41, 5.74) is 1.25. The summed E-state index contributed by atoms with van der Waals surface area (Å²) in [6, 6.07) is 0.770. The van der Waals surface area contributed by atoms with Gasteiger partial charge in [-0.3, -0.25) is 9.80 Å². The van der Waals surface area contributed by atoms with Gasteiger partial charge in [0.25, 0.3) is 0 Å². The third kappa shape index (κ3) is 3.89. The smallest absolute Gasteiger partial charge is 0.0897 e. The first-order valence-electron chi connectivity index (χ1n) is 6.89. The minimum absolute atomic E-state index is 0. The Balaban J connectivity index is 0.00000133. The Morgan fingerprint density at radius 3 is 2.84 bits per heavy atom. The van der Waals surface area contributed by atoms with Crippen molar-refractivity contribution in [3.05, 3.63) is 16.1 Å². The fourth-order valence-corrected chi connectivity index (χ4v) is 3.61. The fraction of sp³-hybridized carbons (Fsp3) is 0.769. The highest BCUT2D eigenvalue weighted by atomic mass is 35.5. The van der Waals surface area contributed by atoms with Gasteiger partial charge >= 0.3 is 0 Å². The van der Waals surface area contributed by atoms with Crippen LogP contribution in [0.3, 0.4) is 0 Å². The van der Waals surface area contributed by atoms with Gasteiger partial charge in [0, 0.05) is 57.2 Å². The van der Waals surface area contributed by atoms with E-state index in [-0.39, 0.29) is 12.4 Å². The van der Waals surface area contributed by atoms with Crippen molar-refractivity contribution in [2.45, 2.75) is 25.9 Å². The van der Waals surface area contributed by atoms with E-state index in [0.717, 1.165) is 25.7 Å². The Morgan fingerprint density at radius 2 is 2.16 bits per heavy atom. The predicted molar refractivity (Wildman–Crippen MR) is 82.2 cm³/mol. The maximum atomic E-state index is 4.56. The molecule has 0 saturated carbocycles. The quantitative estimate of drug-likeness (QED) is 0.913. The van der Waals surface area contributed by atoms with Gasteiger partial charge < -0.3 is 5.32 Å². The predicted octanol–water partition coefficient (Wildman–Crippen LogP) is 1.35. The van der Waals surface area contributed by atoms with E-state index in [4.69, 9.17) is 0 Å². The number of piperazine rings is 1. The number of nitrogens with one attached hydrogen (secondary N) is 1. The molecular formula is C13H23ClN4S. The molecule has 1 aromatic heterocycles. The maximum Gasteiger partial charge on any atom is 0.0897 e. The fourth-order valence-electron chi connectivity index (χ4n) is 3.01. The summed E-state index contributed by atoms with van der Waals surface area (Å²) in [6.07, 6.45) is 1.32. The molecule has 0 aromatic carbocycles. The monoisotopic (exact) mass is 302 g/mol. The van der Waals surface area contributed by atoms with Gasteiger partial charge in [-0.1, -0.05) is 0 Å². The van der Waals surface area contributed by atoms with Gasteiger partial charge in [0.1, 0.15) is 0 Å². The number of halogens is 1. The van der Waals surface area contributed by atoms with E-state index < -0.39 is 0 Å². The van der Waals surface area contributed by atoms with Crippen LogP contribution in [0.2, 0.25) is 0 Å². The SMILES string of the molecule is Cc1nc(CN2CCC(N3CCNCC3)C2)cs1.Cl. The highest BCUT2D eigenvalue weighted by Gasteiger charge is 2.28. The molecule has 6 heteroatoms. The molecule has 2 aliphatic heterocycles. The van der Waals surface area contributed by atoms with Crippen molar-refractivity contribution < 1.29 is 0 Å². The minimum atomic E-state index is 0. The number of hydrogen-bond acceptors (Lipinski definition) is 5. The Bertz CT molecular complexity index is 392. The summed E-state index contributed by atoms with van der Waals surface area (Å²) in [5, 5.41) is 6.81. The van der Waals surface area contributed by atoms with Gasteiger partial charge in [0.05, 0.1) is 10.7 Å². The Kier molecular flexibility index (Phi) is 5.59. The van der Waals surface area contributed by atoms with E-state index >= 15 is 0 Å². The number of hydrogen-bond donors (Lipinski definition) is 1. The second-order valence-corrected chi connectivity index (χ2v) is 6.38. The lowest BCUT2D eigenvalue weighted by Gasteiger charge is -2.32. The van der Waals surface area contributed by atoms with Crippen molar-refractivity contribution >= 4 is 23.7 Å². The van der Waals surface area contributed by atoms with E-state index in [0.29, 0.717) is 0 Å². The first-order valence-corrected chi connectivity index (χ1v) is 7.77. The number of thiazole rings is 1. The molecule has 108 valence electrons. The number of aromatic nitrogens is 1. The normalized spacial score (nSPS) is 25.4. The van der Waals surface area contributed by atoms with Crippen molar-refractivity contribution in [2.75, 3.05) is 39.3 Å². The first kappa shape index (κ1) is 15.2. The summed E-state index contributed by atoms with van der Waals surface area (Å²) < 4.78 is 0. The van der Waals surface area contributed by atoms with Gasteiger partial charge in [-0.15, -0.1) is 23.7 Å². The van der Waals surface area contributed by atoms with Crippen LogP contribution in [-0.2, 0) is 6.54 Å². The summed E-state index contributed by atoms with van der Waals surface area (Å²) >= 11 is 1.76. The van der Waals surface area contributed by atoms with Crippen molar-refractivity contribution in [3.8, 4) is 0 Å². The second-order valence-electron chi connectivity index (χ2n) is 5.32. The maximum absolute atomic E-state index is 4.56. The largest absolute Gasteiger partial charge is 0.314 e. The molecule has 19 heavy (non-hydrogen) atoms. The van der Waals surface area contributed by atoms with Gasteiger partial charge in [-0.25, -0.2) is 4.98 Å². The van der Waals surface area contributed by atoms with Crippen molar-refractivity contribution in [1.82, 2.24) is 20.1 Å². The lowest BCUT2D eigenvalue weighted by Crippen LogP contribution is -2.49. The molecule has 0 aliphatic carbocycles. The molecule has 4 nitrogen and oxygen atoms in total. The molecule has 1 atom stereocenters. The number of aryl methyl sites for hydroxylation is 1. The van der Waals surface area contributed by atoms with Crippen molar-refractivity contribution in [2.24, 2.45) is 0 Å². The zero-order valence-corrected chi connectivity index (χ0v) is 13.1. The number of nitrogens with zero attached hydrogens (tertiary/aromatic N) is 3. The van der Waals surface area contributed by atoms with Crippen LogP contribution >= 0.6 is 23.7 Å². The van der Waals surface area contributed by atoms with E-state index in [9.17, 15) is 0 Å². The molecule has 0 radical (unpaired) electrons. The van der Waals surface area contributed by atoms with E-state index in [1.54, 1.807) is 11.3 Å². The van der Waals surface area contributed by atoms with Crippen LogP contribution in [0.4, 0.5) is 0 Å². The van der Waals surface area contributed by atoms with Crippen LogP contribution < -0.4 is 5.32 Å². The van der Waals surface area contributed by atoms with Crippen molar-refractivity contribution in [3.63, 3.8) is 0 Å². The topological polar surface area (TPSA) is 31.4 Å². The molecule has 0 amide bonds. The molecule has 1 aromatic rings. The standard InChI is InChI=1S/C13H22N4S.ClH/c1-11-15-12(10-18-11)8-16-5-2-13(9-16)17-6-3-14-4-7-17;/h10,13-14H,2-9H2,1H3;1H. The molecule has 2 aliphatic rings. The first-order chi connectivity index (χ1) is 8.81. The highest BCUT2D eigenvalue weighted by molar-refractivity contribution is 7.09. The Labute approximate surface area is 125 Å². The summed E-state index contributed by atoms with van der Waals surface area (Å²) in [6.45, 7) is 10.3. The second kappa shape index (κ2) is 6.99. The van der Waals surface area contributed by atoms with E-state index in [1.165, 1.54) is 43.3 Å². The van der Waals surface area contributed by atoms with Crippen LogP contribution in [-0.4, -0.2) is 60.1 Å². The molecule has 1 unspecified atom stereocenters. The lowest BCUT2D eigenvalue weighted by molar-refractivity contribution is 0.170. The molecule has 0 spiro atoms. The van der Waals surface area contributed by atoms with E-state index in [2.05, 4.69) is 32.4 Å². The molecular weight excluding hydrogens is 280 g/mol. The van der Waals surface area contributed by atoms with Crippen LogP contribution in [0.1, 0.15) is 17.1 Å². The Hall–Kier alpha value is -0.200. The van der Waals surface area contributed by atoms with Crippen LogP contribution in [0, 0.1) is 6.92 Å². The van der Waals surface area contributed by atoms with Gasteiger partial charge in [0.15, 0.2) is 0 Å². The average Bonchev–Trinajstić information content (AvgIpc) is 3.01. The van der Waals surface area contributed by atoms with Crippen molar-refractivity contribution in [1.29, 1.82) is 0 Å². The van der Waals surface area contributed by atoms with Gasteiger partial charge in [0.2, 0.25) is 0 Å². The van der Waals surface area contributed by atoms with Gasteiger partial charge in [-0.2, -0.15) is 0 Å². The summed E-state index contributed by atoms with van der Waals surface area (Å²) in [4.78, 5) is 9.78. The zero-order valence-electron chi connectivity index (χ0n) is 11.5. The molecule has 1 N–H and O–H groups in total. The van der Waals surface area contributed by atoms with E-state index in [1.807, 2.05) is 0 Å². The molecule has 3 rings (SSSR count). The lowest BCUT2D eigenvalue weighted by atomic mass is 10.2. The average molecular weight is 303 g/mol. The molecule has 2 saturated heterocycles. The zero-order chi connectivity index (χ0) is 12.4. The molecule has 0 bridgehead atoms. The number of rotatable bonds is 3. The third-order valence-corrected chi connectivity index (χ3v) is 4.79. The third-order valence-electron chi connectivity index (χ3n) is 3.97. The number of likely N-dealkylation sites (tertiary alicyclic amines) is 1. The molecule has 3 heterocycles.